The van der Waals surface area contributed by atoms with Crippen LogP contribution in [0, 0.1) is 12.7 Å². The molecule has 33 heavy (non-hydrogen) atoms. The number of carbonyl (C=O) groups excluding carboxylic acids is 1. The first-order chi connectivity index (χ1) is 15.7. The molecule has 0 saturated carbocycles. The van der Waals surface area contributed by atoms with E-state index in [1.54, 1.807) is 4.90 Å². The molecule has 0 spiro atoms. The third-order valence-corrected chi connectivity index (χ3v) is 7.00. The van der Waals surface area contributed by atoms with Gasteiger partial charge in [0.15, 0.2) is 5.76 Å². The fourth-order valence-electron chi connectivity index (χ4n) is 3.56. The van der Waals surface area contributed by atoms with E-state index in [9.17, 15) is 17.6 Å². The van der Waals surface area contributed by atoms with Crippen LogP contribution in [0.15, 0.2) is 57.9 Å². The third-order valence-electron chi connectivity index (χ3n) is 5.29. The molecule has 174 valence electrons. The summed E-state index contributed by atoms with van der Waals surface area (Å²) in [6.45, 7) is 4.66. The van der Waals surface area contributed by atoms with Crippen molar-refractivity contribution in [2.75, 3.05) is 30.9 Å². The number of piperazine rings is 1. The summed E-state index contributed by atoms with van der Waals surface area (Å²) in [7, 11) is -4.00. The van der Waals surface area contributed by atoms with E-state index in [0.29, 0.717) is 32.7 Å². The fourth-order valence-corrected chi connectivity index (χ4v) is 4.84. The van der Waals surface area contributed by atoms with Crippen molar-refractivity contribution in [1.29, 1.82) is 0 Å². The van der Waals surface area contributed by atoms with Gasteiger partial charge in [-0.15, -0.1) is 0 Å². The smallest absolute Gasteiger partial charge is 0.261 e. The van der Waals surface area contributed by atoms with E-state index in [4.69, 9.17) is 16.1 Å². The number of nitrogens with zero attached hydrogens (tertiary/aromatic N) is 3. The van der Waals surface area contributed by atoms with Crippen molar-refractivity contribution in [2.24, 2.45) is 0 Å². The van der Waals surface area contributed by atoms with Crippen LogP contribution < -0.4 is 4.72 Å². The van der Waals surface area contributed by atoms with Crippen LogP contribution >= 0.6 is 11.6 Å². The Morgan fingerprint density at radius 3 is 2.45 bits per heavy atom. The zero-order valence-electron chi connectivity index (χ0n) is 17.8. The van der Waals surface area contributed by atoms with Crippen molar-refractivity contribution in [1.82, 2.24) is 15.0 Å². The number of amides is 1. The van der Waals surface area contributed by atoms with Gasteiger partial charge >= 0.3 is 0 Å². The zero-order valence-corrected chi connectivity index (χ0v) is 19.4. The Hall–Kier alpha value is -2.95. The maximum Gasteiger partial charge on any atom is 0.261 e. The highest BCUT2D eigenvalue weighted by Crippen LogP contribution is 2.24. The number of halogens is 2. The summed E-state index contributed by atoms with van der Waals surface area (Å²) >= 11 is 6.24. The molecule has 0 radical (unpaired) electrons. The van der Waals surface area contributed by atoms with Crippen LogP contribution in [-0.4, -0.2) is 55.5 Å². The number of aromatic nitrogens is 1. The van der Waals surface area contributed by atoms with Crippen molar-refractivity contribution in [3.8, 4) is 0 Å². The molecule has 0 unspecified atom stereocenters. The van der Waals surface area contributed by atoms with E-state index >= 15 is 0 Å². The first-order valence-corrected chi connectivity index (χ1v) is 12.1. The van der Waals surface area contributed by atoms with Gasteiger partial charge in [-0.25, -0.2) is 12.8 Å². The Labute approximate surface area is 196 Å². The Morgan fingerprint density at radius 2 is 1.82 bits per heavy atom. The van der Waals surface area contributed by atoms with E-state index < -0.39 is 15.8 Å². The summed E-state index contributed by atoms with van der Waals surface area (Å²) in [6.07, 6.45) is 0. The molecule has 4 rings (SSSR count). The molecule has 1 N–H and O–H groups in total. The van der Waals surface area contributed by atoms with E-state index in [-0.39, 0.29) is 27.1 Å². The SMILES string of the molecule is Cc1cc(CN2CCN(C(=O)c3cc(S(=O)(=O)Nc4ccc(F)cc4)ccc3Cl)CC2)on1. The van der Waals surface area contributed by atoms with E-state index in [1.807, 2.05) is 13.0 Å². The minimum Gasteiger partial charge on any atom is -0.360 e. The lowest BCUT2D eigenvalue weighted by atomic mass is 10.1. The Morgan fingerprint density at radius 1 is 1.12 bits per heavy atom. The van der Waals surface area contributed by atoms with Crippen molar-refractivity contribution in [3.63, 3.8) is 0 Å². The molecule has 3 aromatic rings. The van der Waals surface area contributed by atoms with E-state index in [0.717, 1.165) is 23.6 Å². The largest absolute Gasteiger partial charge is 0.360 e. The lowest BCUT2D eigenvalue weighted by molar-refractivity contribution is 0.0617. The molecule has 1 aliphatic rings. The first kappa shape index (κ1) is 23.2. The highest BCUT2D eigenvalue weighted by Gasteiger charge is 2.26. The van der Waals surface area contributed by atoms with Crippen LogP contribution in [0.5, 0.6) is 0 Å². The van der Waals surface area contributed by atoms with Crippen molar-refractivity contribution in [2.45, 2.75) is 18.4 Å². The highest BCUT2D eigenvalue weighted by molar-refractivity contribution is 7.92. The quantitative estimate of drug-likeness (QED) is 0.565. The average Bonchev–Trinajstić information content (AvgIpc) is 3.20. The summed E-state index contributed by atoms with van der Waals surface area (Å²) in [5.41, 5.74) is 1.13. The van der Waals surface area contributed by atoms with Gasteiger partial charge < -0.3 is 9.42 Å². The molecule has 1 saturated heterocycles. The number of hydrogen-bond donors (Lipinski definition) is 1. The van der Waals surface area contributed by atoms with Crippen LogP contribution in [0.2, 0.25) is 5.02 Å². The third kappa shape index (κ3) is 5.52. The maximum absolute atomic E-state index is 13.1. The molecule has 11 heteroatoms. The molecule has 1 aromatic heterocycles. The number of benzene rings is 2. The lowest BCUT2D eigenvalue weighted by Gasteiger charge is -2.34. The second-order valence-electron chi connectivity index (χ2n) is 7.76. The van der Waals surface area contributed by atoms with Crippen LogP contribution in [0.25, 0.3) is 0 Å². The minimum atomic E-state index is -4.00. The molecule has 1 aliphatic heterocycles. The fraction of sp³-hybridized carbons (Fsp3) is 0.273. The Bertz CT molecular complexity index is 1260. The van der Waals surface area contributed by atoms with Crippen molar-refractivity contribution < 1.29 is 22.1 Å². The van der Waals surface area contributed by atoms with Crippen molar-refractivity contribution >= 4 is 33.2 Å². The molecule has 0 aliphatic carbocycles. The molecule has 2 aromatic carbocycles. The summed E-state index contributed by atoms with van der Waals surface area (Å²) in [4.78, 5) is 16.8. The standard InChI is InChI=1S/C22H22ClFN4O4S/c1-15-12-18(32-25-15)14-27-8-10-28(11-9-27)22(29)20-13-19(6-7-21(20)23)33(30,31)26-17-4-2-16(24)3-5-17/h2-7,12-13,26H,8-11,14H2,1H3. The summed E-state index contributed by atoms with van der Waals surface area (Å²) in [6, 6.07) is 10.8. The average molecular weight is 493 g/mol. The lowest BCUT2D eigenvalue weighted by Crippen LogP contribution is -2.48. The summed E-state index contributed by atoms with van der Waals surface area (Å²) in [5.74, 6) is -0.0516. The number of carbonyl (C=O) groups is 1. The normalized spacial score (nSPS) is 14.9. The van der Waals surface area contributed by atoms with Gasteiger partial charge in [-0.2, -0.15) is 0 Å². The van der Waals surface area contributed by atoms with Crippen LogP contribution in [-0.2, 0) is 16.6 Å². The molecule has 1 fully saturated rings. The van der Waals surface area contributed by atoms with Crippen LogP contribution in [0.1, 0.15) is 21.8 Å². The monoisotopic (exact) mass is 492 g/mol. The Balaban J connectivity index is 1.45. The van der Waals surface area contributed by atoms with Crippen LogP contribution in [0.4, 0.5) is 10.1 Å². The molecule has 0 bridgehead atoms. The zero-order chi connectivity index (χ0) is 23.6. The molecule has 0 atom stereocenters. The molecular formula is C22H22ClFN4O4S. The maximum atomic E-state index is 13.1. The first-order valence-electron chi connectivity index (χ1n) is 10.2. The van der Waals surface area contributed by atoms with E-state index in [1.165, 1.54) is 30.3 Å². The van der Waals surface area contributed by atoms with Gasteiger partial charge in [0.1, 0.15) is 5.82 Å². The molecule has 1 amide bonds. The predicted molar refractivity (Wildman–Crippen MR) is 121 cm³/mol. The van der Waals surface area contributed by atoms with Gasteiger partial charge in [0.25, 0.3) is 15.9 Å². The summed E-state index contributed by atoms with van der Waals surface area (Å²) < 4.78 is 46.3. The van der Waals surface area contributed by atoms with Gasteiger partial charge in [-0.1, -0.05) is 16.8 Å². The second-order valence-corrected chi connectivity index (χ2v) is 9.85. The Kier molecular flexibility index (Phi) is 6.68. The molecule has 2 heterocycles. The van der Waals surface area contributed by atoms with Crippen LogP contribution in [0.3, 0.4) is 0 Å². The second kappa shape index (κ2) is 9.50. The van der Waals surface area contributed by atoms with E-state index in [2.05, 4.69) is 14.8 Å². The molecule has 8 nitrogen and oxygen atoms in total. The number of hydrogen-bond acceptors (Lipinski definition) is 6. The van der Waals surface area contributed by atoms with Gasteiger partial charge in [0.05, 0.1) is 27.7 Å². The molecular weight excluding hydrogens is 471 g/mol. The van der Waals surface area contributed by atoms with Gasteiger partial charge in [-0.05, 0) is 49.4 Å². The van der Waals surface area contributed by atoms with Gasteiger partial charge in [0, 0.05) is 37.9 Å². The number of sulfonamides is 1. The van der Waals surface area contributed by atoms with Crippen molar-refractivity contribution in [3.05, 3.63) is 76.4 Å². The topological polar surface area (TPSA) is 95.8 Å². The number of rotatable bonds is 6. The van der Waals surface area contributed by atoms with Gasteiger partial charge in [0.2, 0.25) is 0 Å². The highest BCUT2D eigenvalue weighted by atomic mass is 35.5. The minimum absolute atomic E-state index is 0.109. The van der Waals surface area contributed by atoms with Gasteiger partial charge in [-0.3, -0.25) is 14.4 Å². The number of anilines is 1. The number of aryl methyl sites for hydroxylation is 1. The predicted octanol–water partition coefficient (Wildman–Crippen LogP) is 3.53. The summed E-state index contributed by atoms with van der Waals surface area (Å²) in [5, 5.41) is 4.05. The number of nitrogens with one attached hydrogen (secondary N) is 1.